The van der Waals surface area contributed by atoms with E-state index in [0.717, 1.165) is 6.54 Å². The molecular formula is C11H16ClNO3S. The van der Waals surface area contributed by atoms with E-state index >= 15 is 0 Å². The van der Waals surface area contributed by atoms with Gasteiger partial charge in [-0.1, -0.05) is 0 Å². The predicted molar refractivity (Wildman–Crippen MR) is 68.3 cm³/mol. The fourth-order valence-corrected chi connectivity index (χ4v) is 2.52. The molecule has 0 aliphatic rings. The van der Waals surface area contributed by atoms with Gasteiger partial charge in [0.1, 0.15) is 12.4 Å². The van der Waals surface area contributed by atoms with Gasteiger partial charge in [-0.15, -0.1) is 0 Å². The van der Waals surface area contributed by atoms with E-state index in [-0.39, 0.29) is 4.90 Å². The fraction of sp³-hybridized carbons (Fsp3) is 0.455. The van der Waals surface area contributed by atoms with Gasteiger partial charge in [-0.05, 0) is 44.8 Å². The second-order valence-corrected chi connectivity index (χ2v) is 6.55. The average molecular weight is 278 g/mol. The smallest absolute Gasteiger partial charge is 0.261 e. The molecule has 0 spiro atoms. The van der Waals surface area contributed by atoms with Gasteiger partial charge in [-0.2, -0.15) is 0 Å². The molecule has 0 unspecified atom stereocenters. The summed E-state index contributed by atoms with van der Waals surface area (Å²) < 4.78 is 27.9. The fourth-order valence-electron chi connectivity index (χ4n) is 1.33. The van der Waals surface area contributed by atoms with Crippen molar-refractivity contribution in [2.24, 2.45) is 0 Å². The Labute approximate surface area is 107 Å². The van der Waals surface area contributed by atoms with E-state index in [1.165, 1.54) is 6.07 Å². The third-order valence-electron chi connectivity index (χ3n) is 2.22. The molecule has 0 bridgehead atoms. The third-order valence-corrected chi connectivity index (χ3v) is 3.70. The van der Waals surface area contributed by atoms with Crippen LogP contribution in [-0.2, 0) is 9.05 Å². The molecule has 0 radical (unpaired) electrons. The van der Waals surface area contributed by atoms with E-state index < -0.39 is 9.05 Å². The molecule has 0 aliphatic carbocycles. The summed E-state index contributed by atoms with van der Waals surface area (Å²) in [6.07, 6.45) is 0. The van der Waals surface area contributed by atoms with Crippen LogP contribution in [0.2, 0.25) is 0 Å². The van der Waals surface area contributed by atoms with Crippen molar-refractivity contribution in [3.8, 4) is 5.75 Å². The maximum Gasteiger partial charge on any atom is 0.261 e. The van der Waals surface area contributed by atoms with Gasteiger partial charge in [-0.25, -0.2) is 8.42 Å². The van der Waals surface area contributed by atoms with Gasteiger partial charge in [-0.3, -0.25) is 0 Å². The summed E-state index contributed by atoms with van der Waals surface area (Å²) in [5, 5.41) is 0. The van der Waals surface area contributed by atoms with Crippen LogP contribution in [0.3, 0.4) is 0 Å². The molecule has 0 N–H and O–H groups in total. The summed E-state index contributed by atoms with van der Waals surface area (Å²) in [6.45, 7) is 3.04. The van der Waals surface area contributed by atoms with Gasteiger partial charge in [0.05, 0.1) is 4.90 Å². The lowest BCUT2D eigenvalue weighted by Crippen LogP contribution is -2.19. The van der Waals surface area contributed by atoms with Gasteiger partial charge in [0.2, 0.25) is 0 Å². The average Bonchev–Trinajstić information content (AvgIpc) is 2.14. The number of hydrogen-bond acceptors (Lipinski definition) is 4. The van der Waals surface area contributed by atoms with Crippen molar-refractivity contribution in [2.75, 3.05) is 27.2 Å². The Morgan fingerprint density at radius 2 is 2.00 bits per heavy atom. The molecule has 0 fully saturated rings. The van der Waals surface area contributed by atoms with Crippen LogP contribution >= 0.6 is 10.7 Å². The van der Waals surface area contributed by atoms with E-state index in [1.54, 1.807) is 19.1 Å². The minimum atomic E-state index is -3.68. The first-order valence-electron chi connectivity index (χ1n) is 5.13. The van der Waals surface area contributed by atoms with Crippen molar-refractivity contribution < 1.29 is 13.2 Å². The molecule has 0 amide bonds. The van der Waals surface area contributed by atoms with Crippen molar-refractivity contribution in [3.63, 3.8) is 0 Å². The molecule has 0 heterocycles. The minimum absolute atomic E-state index is 0.124. The first kappa shape index (κ1) is 14.3. The molecule has 1 rings (SSSR count). The molecule has 0 aromatic heterocycles. The van der Waals surface area contributed by atoms with Crippen LogP contribution in [0.25, 0.3) is 0 Å². The standard InChI is InChI=1S/C11H16ClNO3S/c1-9-8-10(16-7-6-13(2)3)4-5-11(9)17(12,14)15/h4-5,8H,6-7H2,1-3H3. The monoisotopic (exact) mass is 277 g/mol. The number of hydrogen-bond donors (Lipinski definition) is 0. The molecule has 1 aromatic rings. The number of rotatable bonds is 5. The summed E-state index contributed by atoms with van der Waals surface area (Å²) in [5.74, 6) is 0.647. The van der Waals surface area contributed by atoms with E-state index in [1.807, 2.05) is 19.0 Å². The van der Waals surface area contributed by atoms with Crippen LogP contribution in [0.15, 0.2) is 23.1 Å². The number of aryl methyl sites for hydroxylation is 1. The van der Waals surface area contributed by atoms with Gasteiger partial charge in [0, 0.05) is 17.2 Å². The molecule has 0 aliphatic heterocycles. The molecule has 17 heavy (non-hydrogen) atoms. The first-order valence-corrected chi connectivity index (χ1v) is 7.44. The SMILES string of the molecule is Cc1cc(OCCN(C)C)ccc1S(=O)(=O)Cl. The van der Waals surface area contributed by atoms with Crippen LogP contribution in [0.1, 0.15) is 5.56 Å². The lowest BCUT2D eigenvalue weighted by Gasteiger charge is -2.12. The van der Waals surface area contributed by atoms with E-state index in [2.05, 4.69) is 0 Å². The quantitative estimate of drug-likeness (QED) is 0.771. The zero-order valence-corrected chi connectivity index (χ0v) is 11.7. The third kappa shape index (κ3) is 4.53. The van der Waals surface area contributed by atoms with E-state index in [0.29, 0.717) is 17.9 Å². The normalized spacial score (nSPS) is 11.8. The molecule has 96 valence electrons. The molecule has 0 saturated carbocycles. The summed E-state index contributed by atoms with van der Waals surface area (Å²) in [7, 11) is 5.52. The highest BCUT2D eigenvalue weighted by Crippen LogP contribution is 2.23. The number of ether oxygens (including phenoxy) is 1. The Bertz CT molecular complexity index is 485. The Kier molecular flexibility index (Phi) is 4.80. The van der Waals surface area contributed by atoms with E-state index in [9.17, 15) is 8.42 Å². The highest BCUT2D eigenvalue weighted by atomic mass is 35.7. The van der Waals surface area contributed by atoms with Gasteiger partial charge >= 0.3 is 0 Å². The lowest BCUT2D eigenvalue weighted by atomic mass is 10.2. The maximum atomic E-state index is 11.2. The highest BCUT2D eigenvalue weighted by molar-refractivity contribution is 8.13. The Hall–Kier alpha value is -0.780. The second-order valence-electron chi connectivity index (χ2n) is 4.02. The molecular weight excluding hydrogens is 262 g/mol. The van der Waals surface area contributed by atoms with Crippen LogP contribution in [0, 0.1) is 6.92 Å². The minimum Gasteiger partial charge on any atom is -0.492 e. The first-order chi connectivity index (χ1) is 7.80. The van der Waals surface area contributed by atoms with Crippen molar-refractivity contribution in [1.82, 2.24) is 4.90 Å². The van der Waals surface area contributed by atoms with E-state index in [4.69, 9.17) is 15.4 Å². The zero-order chi connectivity index (χ0) is 13.1. The zero-order valence-electron chi connectivity index (χ0n) is 10.1. The number of nitrogens with zero attached hydrogens (tertiary/aromatic N) is 1. The topological polar surface area (TPSA) is 46.6 Å². The van der Waals surface area contributed by atoms with Crippen LogP contribution in [0.4, 0.5) is 0 Å². The Morgan fingerprint density at radius 3 is 2.47 bits per heavy atom. The maximum absolute atomic E-state index is 11.2. The molecule has 4 nitrogen and oxygen atoms in total. The summed E-state index contributed by atoms with van der Waals surface area (Å²) >= 11 is 0. The van der Waals surface area contributed by atoms with Crippen LogP contribution < -0.4 is 4.74 Å². The summed E-state index contributed by atoms with van der Waals surface area (Å²) in [6, 6.07) is 4.74. The lowest BCUT2D eigenvalue weighted by molar-refractivity contribution is 0.261. The summed E-state index contributed by atoms with van der Waals surface area (Å²) in [5.41, 5.74) is 0.586. The molecule has 6 heteroatoms. The van der Waals surface area contributed by atoms with Gasteiger partial charge in [0.15, 0.2) is 0 Å². The van der Waals surface area contributed by atoms with Crippen LogP contribution in [-0.4, -0.2) is 40.6 Å². The van der Waals surface area contributed by atoms with Crippen molar-refractivity contribution >= 4 is 19.7 Å². The van der Waals surface area contributed by atoms with Gasteiger partial charge < -0.3 is 9.64 Å². The molecule has 0 saturated heterocycles. The number of halogens is 1. The number of likely N-dealkylation sites (N-methyl/N-ethyl adjacent to an activating group) is 1. The molecule has 1 aromatic carbocycles. The Morgan fingerprint density at radius 1 is 1.35 bits per heavy atom. The Balaban J connectivity index is 2.76. The summed E-state index contributed by atoms with van der Waals surface area (Å²) in [4.78, 5) is 2.13. The van der Waals surface area contributed by atoms with Gasteiger partial charge in [0.25, 0.3) is 9.05 Å². The van der Waals surface area contributed by atoms with Crippen molar-refractivity contribution in [2.45, 2.75) is 11.8 Å². The number of benzene rings is 1. The largest absolute Gasteiger partial charge is 0.492 e. The van der Waals surface area contributed by atoms with Crippen molar-refractivity contribution in [3.05, 3.63) is 23.8 Å². The highest BCUT2D eigenvalue weighted by Gasteiger charge is 2.13. The molecule has 0 atom stereocenters. The predicted octanol–water partition coefficient (Wildman–Crippen LogP) is 1.86. The van der Waals surface area contributed by atoms with Crippen molar-refractivity contribution in [1.29, 1.82) is 0 Å². The second kappa shape index (κ2) is 5.71. The van der Waals surface area contributed by atoms with Crippen LogP contribution in [0.5, 0.6) is 5.75 Å².